The van der Waals surface area contributed by atoms with E-state index in [-0.39, 0.29) is 0 Å². The molecule has 4 fully saturated rings. The summed E-state index contributed by atoms with van der Waals surface area (Å²) in [4.78, 5) is 0. The van der Waals surface area contributed by atoms with Gasteiger partial charge in [-0.3, -0.25) is 0 Å². The minimum absolute atomic E-state index is 0.370. The third-order valence-corrected chi connectivity index (χ3v) is 3.57. The number of hydrogen-bond acceptors (Lipinski definition) is 1. The van der Waals surface area contributed by atoms with Crippen LogP contribution < -0.4 is 0 Å². The maximum Gasteiger partial charge on any atom is 0.0948 e. The van der Waals surface area contributed by atoms with Crippen molar-refractivity contribution in [2.45, 2.75) is 37.9 Å². The highest BCUT2D eigenvalue weighted by Crippen LogP contribution is 2.61. The Labute approximate surface area is 55.4 Å². The van der Waals surface area contributed by atoms with Gasteiger partial charge in [-0.2, -0.15) is 0 Å². The summed E-state index contributed by atoms with van der Waals surface area (Å²) in [7, 11) is 0. The van der Waals surface area contributed by atoms with Crippen LogP contribution in [0.3, 0.4) is 0 Å². The van der Waals surface area contributed by atoms with Crippen molar-refractivity contribution in [1.29, 1.82) is 0 Å². The smallest absolute Gasteiger partial charge is 0.0948 e. The summed E-state index contributed by atoms with van der Waals surface area (Å²) in [6, 6.07) is 0. The van der Waals surface area contributed by atoms with Crippen molar-refractivity contribution in [3.05, 3.63) is 0 Å². The van der Waals surface area contributed by atoms with Crippen molar-refractivity contribution < 1.29 is 4.74 Å². The lowest BCUT2D eigenvalue weighted by Gasteiger charge is -2.42. The standard InChI is InChI=1S/C8H12O/c1-8-6-2-5(3-6)4-7(8)9-8/h5-7H,2-4H2,1H3/t5?,6?,7?,8-/m0/s1. The first-order chi connectivity index (χ1) is 4.29. The molecule has 0 aromatic heterocycles. The Morgan fingerprint density at radius 3 is 2.56 bits per heavy atom. The molecule has 2 bridgehead atoms. The molecular weight excluding hydrogens is 112 g/mol. The van der Waals surface area contributed by atoms with Gasteiger partial charge in [0.2, 0.25) is 0 Å². The van der Waals surface area contributed by atoms with Gasteiger partial charge in [0.25, 0.3) is 0 Å². The van der Waals surface area contributed by atoms with Crippen LogP contribution in [0.5, 0.6) is 0 Å². The van der Waals surface area contributed by atoms with E-state index in [2.05, 4.69) is 6.92 Å². The average molecular weight is 124 g/mol. The second kappa shape index (κ2) is 1.07. The molecule has 9 heavy (non-hydrogen) atoms. The van der Waals surface area contributed by atoms with Gasteiger partial charge in [-0.15, -0.1) is 0 Å². The second-order valence-electron chi connectivity index (χ2n) is 4.06. The predicted molar refractivity (Wildman–Crippen MR) is 34.1 cm³/mol. The van der Waals surface area contributed by atoms with Crippen LogP contribution in [0.1, 0.15) is 26.2 Å². The molecule has 1 aliphatic heterocycles. The van der Waals surface area contributed by atoms with E-state index in [0.29, 0.717) is 11.7 Å². The molecule has 1 unspecified atom stereocenters. The van der Waals surface area contributed by atoms with Crippen molar-refractivity contribution in [2.24, 2.45) is 11.8 Å². The molecule has 0 N–H and O–H groups in total. The van der Waals surface area contributed by atoms with Crippen LogP contribution >= 0.6 is 0 Å². The molecule has 50 valence electrons. The van der Waals surface area contributed by atoms with E-state index in [1.54, 1.807) is 0 Å². The van der Waals surface area contributed by atoms with Gasteiger partial charge in [-0.25, -0.2) is 0 Å². The van der Waals surface area contributed by atoms with E-state index in [0.717, 1.165) is 11.8 Å². The van der Waals surface area contributed by atoms with Gasteiger partial charge in [0.05, 0.1) is 11.7 Å². The summed E-state index contributed by atoms with van der Waals surface area (Å²) in [5.74, 6) is 2.00. The van der Waals surface area contributed by atoms with Gasteiger partial charge in [0.15, 0.2) is 0 Å². The minimum Gasteiger partial charge on any atom is -0.366 e. The van der Waals surface area contributed by atoms with Gasteiger partial charge in [-0.1, -0.05) is 0 Å². The van der Waals surface area contributed by atoms with Crippen LogP contribution in [-0.2, 0) is 4.74 Å². The number of ether oxygens (including phenoxy) is 1. The molecular formula is C8H12O. The Hall–Kier alpha value is -0.0400. The molecule has 1 nitrogen and oxygen atoms in total. The molecule has 1 heteroatoms. The van der Waals surface area contributed by atoms with E-state index in [4.69, 9.17) is 4.74 Å². The zero-order valence-corrected chi connectivity index (χ0v) is 5.76. The molecule has 0 amide bonds. The van der Waals surface area contributed by atoms with E-state index < -0.39 is 0 Å². The van der Waals surface area contributed by atoms with E-state index >= 15 is 0 Å². The molecule has 4 rings (SSSR count). The summed E-state index contributed by atoms with van der Waals surface area (Å²) < 4.78 is 5.62. The van der Waals surface area contributed by atoms with Crippen LogP contribution in [-0.4, -0.2) is 11.7 Å². The Morgan fingerprint density at radius 2 is 2.11 bits per heavy atom. The lowest BCUT2D eigenvalue weighted by molar-refractivity contribution is 0.0871. The maximum absolute atomic E-state index is 5.62. The first-order valence-corrected chi connectivity index (χ1v) is 3.97. The highest BCUT2D eigenvalue weighted by atomic mass is 16.6. The summed E-state index contributed by atoms with van der Waals surface area (Å²) in [6.45, 7) is 2.29. The van der Waals surface area contributed by atoms with Crippen molar-refractivity contribution in [1.82, 2.24) is 0 Å². The van der Waals surface area contributed by atoms with Crippen LogP contribution in [0.15, 0.2) is 0 Å². The van der Waals surface area contributed by atoms with Crippen LogP contribution in [0.2, 0.25) is 0 Å². The molecule has 4 aliphatic rings. The van der Waals surface area contributed by atoms with Gasteiger partial charge < -0.3 is 4.74 Å². The summed E-state index contributed by atoms with van der Waals surface area (Å²) in [6.07, 6.45) is 4.97. The Bertz CT molecular complexity index is 160. The van der Waals surface area contributed by atoms with Gasteiger partial charge in [-0.05, 0) is 38.0 Å². The third-order valence-electron chi connectivity index (χ3n) is 3.57. The van der Waals surface area contributed by atoms with Crippen LogP contribution in [0.4, 0.5) is 0 Å². The fourth-order valence-corrected chi connectivity index (χ4v) is 2.61. The SMILES string of the molecule is C[C@@]12OC1CC1CC2C1. The Balaban J connectivity index is 1.95. The number of rotatable bonds is 0. The average Bonchev–Trinajstić information content (AvgIpc) is 2.33. The molecule has 0 aromatic rings. The van der Waals surface area contributed by atoms with Gasteiger partial charge in [0, 0.05) is 0 Å². The molecule has 0 aromatic carbocycles. The van der Waals surface area contributed by atoms with E-state index in [1.807, 2.05) is 0 Å². The van der Waals surface area contributed by atoms with E-state index in [1.165, 1.54) is 19.3 Å². The molecule has 1 heterocycles. The molecule has 2 atom stereocenters. The van der Waals surface area contributed by atoms with Crippen molar-refractivity contribution in [3.8, 4) is 0 Å². The molecule has 1 saturated heterocycles. The zero-order chi connectivity index (χ0) is 6.06. The fourth-order valence-electron chi connectivity index (χ4n) is 2.61. The largest absolute Gasteiger partial charge is 0.366 e. The highest BCUT2D eigenvalue weighted by Gasteiger charge is 2.65. The van der Waals surface area contributed by atoms with Crippen molar-refractivity contribution in [3.63, 3.8) is 0 Å². The topological polar surface area (TPSA) is 12.5 Å². The first-order valence-electron chi connectivity index (χ1n) is 3.97. The van der Waals surface area contributed by atoms with Crippen molar-refractivity contribution in [2.75, 3.05) is 0 Å². The lowest BCUT2D eigenvalue weighted by atomic mass is 9.60. The first kappa shape index (κ1) is 4.73. The fraction of sp³-hybridized carbons (Fsp3) is 1.00. The zero-order valence-electron chi connectivity index (χ0n) is 5.76. The normalized spacial score (nSPS) is 68.3. The summed E-state index contributed by atoms with van der Waals surface area (Å²) >= 11 is 0. The maximum atomic E-state index is 5.62. The molecule has 3 aliphatic carbocycles. The molecule has 0 radical (unpaired) electrons. The number of epoxide rings is 1. The summed E-state index contributed by atoms with van der Waals surface area (Å²) in [5, 5.41) is 0. The minimum atomic E-state index is 0.370. The quantitative estimate of drug-likeness (QED) is 0.446. The Kier molecular flexibility index (Phi) is 0.563. The Morgan fingerprint density at radius 1 is 1.33 bits per heavy atom. The van der Waals surface area contributed by atoms with E-state index in [9.17, 15) is 0 Å². The summed E-state index contributed by atoms with van der Waals surface area (Å²) in [5.41, 5.74) is 0.370. The van der Waals surface area contributed by atoms with Crippen LogP contribution in [0.25, 0.3) is 0 Å². The molecule has 3 saturated carbocycles. The number of hydrogen-bond donors (Lipinski definition) is 0. The van der Waals surface area contributed by atoms with Gasteiger partial charge >= 0.3 is 0 Å². The molecule has 0 spiro atoms. The second-order valence-corrected chi connectivity index (χ2v) is 4.06. The van der Waals surface area contributed by atoms with Gasteiger partial charge in [0.1, 0.15) is 0 Å². The monoisotopic (exact) mass is 124 g/mol. The van der Waals surface area contributed by atoms with Crippen molar-refractivity contribution >= 4 is 0 Å². The third kappa shape index (κ3) is 0.389. The lowest BCUT2D eigenvalue weighted by Crippen LogP contribution is -2.41. The van der Waals surface area contributed by atoms with Crippen LogP contribution in [0, 0.1) is 11.8 Å². The predicted octanol–water partition coefficient (Wildman–Crippen LogP) is 1.57. The highest BCUT2D eigenvalue weighted by molar-refractivity contribution is 5.13.